The molecular formula is C10H10NO2. The number of rotatable bonds is 1. The molecule has 1 aromatic heterocycles. The van der Waals surface area contributed by atoms with Gasteiger partial charge in [0.05, 0.1) is 6.10 Å². The topological polar surface area (TPSA) is 55.9 Å². The fourth-order valence-corrected chi connectivity index (χ4v) is 1.35. The molecule has 0 aliphatic carbocycles. The molecule has 1 heterocycles. The van der Waals surface area contributed by atoms with Gasteiger partial charge in [0, 0.05) is 22.7 Å². The summed E-state index contributed by atoms with van der Waals surface area (Å²) in [6.45, 7) is 1.68. The molecule has 1 atom stereocenters. The lowest BCUT2D eigenvalue weighted by Gasteiger charge is -1.97. The van der Waals surface area contributed by atoms with Gasteiger partial charge < -0.3 is 10.1 Å². The van der Waals surface area contributed by atoms with Crippen molar-refractivity contribution < 1.29 is 10.2 Å². The second-order valence-electron chi connectivity index (χ2n) is 3.15. The van der Waals surface area contributed by atoms with Gasteiger partial charge in [0.2, 0.25) is 0 Å². The molecule has 1 aromatic carbocycles. The summed E-state index contributed by atoms with van der Waals surface area (Å²) in [6, 6.07) is 6.64. The van der Waals surface area contributed by atoms with Crippen LogP contribution in [0, 0.1) is 0 Å². The summed E-state index contributed by atoms with van der Waals surface area (Å²) in [6.07, 6.45) is -0.525. The molecule has 2 N–H and O–H groups in total. The number of aliphatic hydroxyl groups is 1. The average molecular weight is 176 g/mol. The number of fused-ring (bicyclic) bond motifs is 1. The second-order valence-corrected chi connectivity index (χ2v) is 3.15. The molecule has 3 nitrogen and oxygen atoms in total. The van der Waals surface area contributed by atoms with Gasteiger partial charge in [-0.15, -0.1) is 0 Å². The summed E-state index contributed by atoms with van der Waals surface area (Å²) in [5.74, 6) is -0.0218. The number of H-pyrrole nitrogens is 1. The highest BCUT2D eigenvalue weighted by Gasteiger charge is 2.05. The first-order chi connectivity index (χ1) is 6.16. The molecule has 0 aliphatic heterocycles. The van der Waals surface area contributed by atoms with Crippen molar-refractivity contribution in [1.82, 2.24) is 4.98 Å². The van der Waals surface area contributed by atoms with Crippen molar-refractivity contribution in [3.8, 4) is 5.75 Å². The number of benzene rings is 1. The van der Waals surface area contributed by atoms with Gasteiger partial charge >= 0.3 is 0 Å². The van der Waals surface area contributed by atoms with Crippen molar-refractivity contribution in [3.05, 3.63) is 30.0 Å². The minimum absolute atomic E-state index is 0.0218. The van der Waals surface area contributed by atoms with Gasteiger partial charge in [-0.1, -0.05) is 0 Å². The summed E-state index contributed by atoms with van der Waals surface area (Å²) in [4.78, 5) is 2.99. The SMILES string of the molecule is CC(O)c1cc2ccc([O])cc2[nH]1. The van der Waals surface area contributed by atoms with Crippen LogP contribution in [0.2, 0.25) is 0 Å². The van der Waals surface area contributed by atoms with E-state index in [1.807, 2.05) is 6.07 Å². The van der Waals surface area contributed by atoms with Gasteiger partial charge in [0.1, 0.15) is 0 Å². The van der Waals surface area contributed by atoms with E-state index in [0.717, 1.165) is 16.6 Å². The largest absolute Gasteiger partial charge is 0.387 e. The van der Waals surface area contributed by atoms with E-state index in [2.05, 4.69) is 4.98 Å². The molecule has 0 saturated carbocycles. The Labute approximate surface area is 75.6 Å². The zero-order valence-corrected chi connectivity index (χ0v) is 7.24. The Hall–Kier alpha value is -1.48. The molecule has 0 fully saturated rings. The van der Waals surface area contributed by atoms with Crippen LogP contribution < -0.4 is 0 Å². The molecule has 2 aromatic rings. The Morgan fingerprint density at radius 2 is 2.15 bits per heavy atom. The summed E-state index contributed by atoms with van der Waals surface area (Å²) in [5, 5.41) is 21.2. The number of aromatic amines is 1. The monoisotopic (exact) mass is 176 g/mol. The third kappa shape index (κ3) is 1.38. The quantitative estimate of drug-likeness (QED) is 0.688. The predicted molar refractivity (Wildman–Crippen MR) is 49.1 cm³/mol. The highest BCUT2D eigenvalue weighted by Crippen LogP contribution is 2.23. The van der Waals surface area contributed by atoms with Crippen LogP contribution in [0.3, 0.4) is 0 Å². The summed E-state index contributed by atoms with van der Waals surface area (Å²) >= 11 is 0. The molecule has 13 heavy (non-hydrogen) atoms. The molecule has 0 saturated heterocycles. The Kier molecular flexibility index (Phi) is 1.74. The van der Waals surface area contributed by atoms with E-state index in [1.54, 1.807) is 13.0 Å². The molecular weight excluding hydrogens is 166 g/mol. The third-order valence-electron chi connectivity index (χ3n) is 2.06. The maximum absolute atomic E-state index is 11.0. The third-order valence-corrected chi connectivity index (χ3v) is 2.06. The van der Waals surface area contributed by atoms with Crippen molar-refractivity contribution in [2.75, 3.05) is 0 Å². The van der Waals surface area contributed by atoms with Crippen LogP contribution in [0.1, 0.15) is 18.7 Å². The van der Waals surface area contributed by atoms with Gasteiger partial charge in [0.25, 0.3) is 0 Å². The maximum atomic E-state index is 11.0. The summed E-state index contributed by atoms with van der Waals surface area (Å²) in [5.41, 5.74) is 1.52. The lowest BCUT2D eigenvalue weighted by Crippen LogP contribution is -1.88. The van der Waals surface area contributed by atoms with Crippen molar-refractivity contribution in [2.24, 2.45) is 0 Å². The number of hydrogen-bond acceptors (Lipinski definition) is 1. The molecule has 2 rings (SSSR count). The molecule has 0 amide bonds. The van der Waals surface area contributed by atoms with E-state index in [1.165, 1.54) is 12.1 Å². The summed E-state index contributed by atoms with van der Waals surface area (Å²) in [7, 11) is 0. The van der Waals surface area contributed by atoms with Crippen LogP contribution in [0.4, 0.5) is 0 Å². The van der Waals surface area contributed by atoms with E-state index in [-0.39, 0.29) is 5.75 Å². The van der Waals surface area contributed by atoms with Gasteiger partial charge in [-0.2, -0.15) is 0 Å². The molecule has 0 spiro atoms. The lowest BCUT2D eigenvalue weighted by atomic mass is 10.2. The lowest BCUT2D eigenvalue weighted by molar-refractivity contribution is 0.195. The Bertz CT molecular complexity index is 431. The van der Waals surface area contributed by atoms with Crippen LogP contribution in [0.15, 0.2) is 24.3 Å². The molecule has 0 bridgehead atoms. The number of hydrogen-bond donors (Lipinski definition) is 2. The fraction of sp³-hybridized carbons (Fsp3) is 0.200. The van der Waals surface area contributed by atoms with Crippen LogP contribution in [-0.2, 0) is 5.11 Å². The van der Waals surface area contributed by atoms with E-state index in [4.69, 9.17) is 0 Å². The van der Waals surface area contributed by atoms with Crippen molar-refractivity contribution in [2.45, 2.75) is 13.0 Å². The number of aromatic nitrogens is 1. The van der Waals surface area contributed by atoms with E-state index < -0.39 is 6.10 Å². The van der Waals surface area contributed by atoms with E-state index in [0.29, 0.717) is 0 Å². The summed E-state index contributed by atoms with van der Waals surface area (Å²) < 4.78 is 0. The van der Waals surface area contributed by atoms with Gasteiger partial charge in [-0.3, -0.25) is 5.11 Å². The van der Waals surface area contributed by atoms with Crippen molar-refractivity contribution >= 4 is 10.9 Å². The van der Waals surface area contributed by atoms with E-state index >= 15 is 0 Å². The van der Waals surface area contributed by atoms with Crippen molar-refractivity contribution in [3.63, 3.8) is 0 Å². The smallest absolute Gasteiger partial charge is 0.180 e. The van der Waals surface area contributed by atoms with Crippen LogP contribution in [-0.4, -0.2) is 10.1 Å². The molecule has 67 valence electrons. The van der Waals surface area contributed by atoms with E-state index in [9.17, 15) is 10.2 Å². The molecule has 1 radical (unpaired) electrons. The predicted octanol–water partition coefficient (Wildman–Crippen LogP) is 2.37. The highest BCUT2D eigenvalue weighted by atomic mass is 16.3. The second kappa shape index (κ2) is 2.78. The van der Waals surface area contributed by atoms with Gasteiger partial charge in [-0.05, 0) is 25.1 Å². The minimum Gasteiger partial charge on any atom is -0.387 e. The van der Waals surface area contributed by atoms with Crippen LogP contribution >= 0.6 is 0 Å². The zero-order chi connectivity index (χ0) is 9.42. The first-order valence-electron chi connectivity index (χ1n) is 4.14. The Morgan fingerprint density at radius 1 is 1.38 bits per heavy atom. The minimum atomic E-state index is -0.525. The Balaban J connectivity index is 2.62. The van der Waals surface area contributed by atoms with Crippen LogP contribution in [0.5, 0.6) is 5.75 Å². The molecule has 0 aliphatic rings. The Morgan fingerprint density at radius 3 is 2.85 bits per heavy atom. The zero-order valence-electron chi connectivity index (χ0n) is 7.24. The standard InChI is InChI=1S/C10H10NO2/c1-6(12)9-4-7-2-3-8(13)5-10(7)11-9/h2-6,11-12H,1H3. The van der Waals surface area contributed by atoms with Crippen molar-refractivity contribution in [1.29, 1.82) is 0 Å². The maximum Gasteiger partial charge on any atom is 0.180 e. The molecule has 1 unspecified atom stereocenters. The van der Waals surface area contributed by atoms with Gasteiger partial charge in [0.15, 0.2) is 5.75 Å². The normalized spacial score (nSPS) is 13.4. The van der Waals surface area contributed by atoms with Crippen LogP contribution in [0.25, 0.3) is 10.9 Å². The van der Waals surface area contributed by atoms with Gasteiger partial charge in [-0.25, -0.2) is 0 Å². The number of nitrogens with one attached hydrogen (secondary N) is 1. The highest BCUT2D eigenvalue weighted by molar-refractivity contribution is 5.81. The number of aliphatic hydroxyl groups excluding tert-OH is 1. The molecule has 3 heteroatoms. The average Bonchev–Trinajstić information content (AvgIpc) is 2.46. The first-order valence-corrected chi connectivity index (χ1v) is 4.14. The fourth-order valence-electron chi connectivity index (χ4n) is 1.35. The first kappa shape index (κ1) is 8.13.